The summed E-state index contributed by atoms with van der Waals surface area (Å²) in [5.74, 6) is 6.13. The minimum absolute atomic E-state index is 0.429. The minimum Gasteiger partial charge on any atom is -0.397 e. The average Bonchev–Trinajstić information content (AvgIpc) is 2.66. The van der Waals surface area contributed by atoms with Gasteiger partial charge < -0.3 is 10.6 Å². The molecule has 0 bridgehead atoms. The second-order valence-electron chi connectivity index (χ2n) is 5.21. The Morgan fingerprint density at radius 1 is 1.16 bits per heavy atom. The SMILES string of the molecule is C=CN(CN(N)/C=C(\N)c1ccc(SN)cc1)c1ccccc1SC. The summed E-state index contributed by atoms with van der Waals surface area (Å²) in [5.41, 5.74) is 8.68. The molecule has 0 aliphatic carbocycles. The van der Waals surface area contributed by atoms with E-state index in [0.29, 0.717) is 12.4 Å². The van der Waals surface area contributed by atoms with Gasteiger partial charge in [0.15, 0.2) is 0 Å². The van der Waals surface area contributed by atoms with Gasteiger partial charge >= 0.3 is 0 Å². The molecule has 0 radical (unpaired) electrons. The summed E-state index contributed by atoms with van der Waals surface area (Å²) in [6.07, 6.45) is 5.51. The van der Waals surface area contributed by atoms with Gasteiger partial charge in [-0.3, -0.25) is 10.1 Å². The van der Waals surface area contributed by atoms with Crippen LogP contribution in [0.1, 0.15) is 5.56 Å². The van der Waals surface area contributed by atoms with Crippen molar-refractivity contribution < 1.29 is 0 Å². The zero-order valence-corrected chi connectivity index (χ0v) is 15.8. The number of rotatable bonds is 8. The molecule has 2 aromatic rings. The van der Waals surface area contributed by atoms with Crippen LogP contribution in [-0.4, -0.2) is 17.9 Å². The third-order valence-electron chi connectivity index (χ3n) is 3.56. The van der Waals surface area contributed by atoms with Crippen molar-refractivity contribution in [2.45, 2.75) is 9.79 Å². The summed E-state index contributed by atoms with van der Waals surface area (Å²) in [5, 5.41) is 7.07. The summed E-state index contributed by atoms with van der Waals surface area (Å²) in [6, 6.07) is 15.8. The summed E-state index contributed by atoms with van der Waals surface area (Å²) in [7, 11) is 0. The maximum Gasteiger partial charge on any atom is 0.109 e. The molecule has 132 valence electrons. The molecule has 0 amide bonds. The fourth-order valence-corrected chi connectivity index (χ4v) is 3.20. The van der Waals surface area contributed by atoms with Gasteiger partial charge in [-0.2, -0.15) is 0 Å². The summed E-state index contributed by atoms with van der Waals surface area (Å²) < 4.78 is 0. The number of hydrogen-bond acceptors (Lipinski definition) is 7. The fraction of sp³-hybridized carbons (Fsp3) is 0.111. The van der Waals surface area contributed by atoms with Crippen LogP contribution >= 0.6 is 23.7 Å². The molecular formula is C18H23N5S2. The standard InChI is InChI=1S/C18H23N5S2/c1-3-22(17-6-4-5-7-18(17)24-2)13-23(20)12-16(19)14-8-10-15(25-21)11-9-14/h3-12H,1,13,19-21H2,2H3/b16-12-. The molecule has 0 saturated carbocycles. The van der Waals surface area contributed by atoms with Gasteiger partial charge in [-0.05, 0) is 54.2 Å². The first-order valence-corrected chi connectivity index (χ1v) is 9.67. The van der Waals surface area contributed by atoms with Gasteiger partial charge in [-0.25, -0.2) is 5.84 Å². The van der Waals surface area contributed by atoms with Gasteiger partial charge in [0.05, 0.1) is 11.4 Å². The van der Waals surface area contributed by atoms with Gasteiger partial charge in [0, 0.05) is 16.0 Å². The number of benzene rings is 2. The van der Waals surface area contributed by atoms with Crippen LogP contribution in [0.2, 0.25) is 0 Å². The van der Waals surface area contributed by atoms with Crippen LogP contribution in [0.3, 0.4) is 0 Å². The summed E-state index contributed by atoms with van der Waals surface area (Å²) >= 11 is 2.88. The van der Waals surface area contributed by atoms with Crippen LogP contribution in [0.5, 0.6) is 0 Å². The Kier molecular flexibility index (Phi) is 7.27. The molecule has 0 unspecified atom stereocenters. The second-order valence-corrected chi connectivity index (χ2v) is 6.76. The van der Waals surface area contributed by atoms with E-state index in [1.165, 1.54) is 11.9 Å². The van der Waals surface area contributed by atoms with Gasteiger partial charge in [0.2, 0.25) is 0 Å². The smallest absolute Gasteiger partial charge is 0.109 e. The lowest BCUT2D eigenvalue weighted by Crippen LogP contribution is -2.37. The molecule has 0 aromatic heterocycles. The van der Waals surface area contributed by atoms with E-state index in [1.807, 2.05) is 53.6 Å². The van der Waals surface area contributed by atoms with Gasteiger partial charge in [0.25, 0.3) is 0 Å². The van der Waals surface area contributed by atoms with Crippen LogP contribution in [0, 0.1) is 0 Å². The normalized spacial score (nSPS) is 11.2. The zero-order chi connectivity index (χ0) is 18.2. The Hall–Kier alpha value is -2.06. The van der Waals surface area contributed by atoms with Crippen LogP contribution in [0.15, 0.2) is 77.3 Å². The first-order chi connectivity index (χ1) is 12.1. The lowest BCUT2D eigenvalue weighted by molar-refractivity contribution is 0.402. The molecular weight excluding hydrogens is 350 g/mol. The molecule has 0 fully saturated rings. The molecule has 2 aromatic carbocycles. The van der Waals surface area contributed by atoms with Crippen molar-refractivity contribution in [1.29, 1.82) is 0 Å². The van der Waals surface area contributed by atoms with E-state index in [4.69, 9.17) is 16.7 Å². The van der Waals surface area contributed by atoms with Crippen molar-refractivity contribution in [1.82, 2.24) is 5.01 Å². The zero-order valence-electron chi connectivity index (χ0n) is 14.1. The van der Waals surface area contributed by atoms with Gasteiger partial charge in [-0.15, -0.1) is 11.8 Å². The second kappa shape index (κ2) is 9.43. The number of anilines is 1. The van der Waals surface area contributed by atoms with Crippen LogP contribution in [-0.2, 0) is 0 Å². The first kappa shape index (κ1) is 19.3. The predicted octanol–water partition coefficient (Wildman–Crippen LogP) is 3.41. The van der Waals surface area contributed by atoms with E-state index in [1.54, 1.807) is 29.2 Å². The molecule has 0 heterocycles. The Bertz CT molecular complexity index is 731. The number of para-hydroxylation sites is 1. The Labute approximate surface area is 157 Å². The molecule has 0 aliphatic rings. The van der Waals surface area contributed by atoms with E-state index < -0.39 is 0 Å². The van der Waals surface area contributed by atoms with Gasteiger partial charge in [-0.1, -0.05) is 30.8 Å². The lowest BCUT2D eigenvalue weighted by atomic mass is 10.2. The highest BCUT2D eigenvalue weighted by molar-refractivity contribution is 7.98. The number of nitrogens with zero attached hydrogens (tertiary/aromatic N) is 2. The maximum absolute atomic E-state index is 6.15. The summed E-state index contributed by atoms with van der Waals surface area (Å²) in [6.45, 7) is 4.32. The number of hydrogen-bond donors (Lipinski definition) is 3. The largest absolute Gasteiger partial charge is 0.397 e. The number of thioether (sulfide) groups is 1. The Morgan fingerprint density at radius 3 is 2.44 bits per heavy atom. The van der Waals surface area contributed by atoms with Crippen LogP contribution in [0.25, 0.3) is 5.70 Å². The highest BCUT2D eigenvalue weighted by atomic mass is 32.2. The predicted molar refractivity (Wildman–Crippen MR) is 110 cm³/mol. The number of nitrogens with two attached hydrogens (primary N) is 3. The molecule has 0 spiro atoms. The molecule has 0 saturated heterocycles. The quantitative estimate of drug-likeness (QED) is 0.215. The molecule has 25 heavy (non-hydrogen) atoms. The topological polar surface area (TPSA) is 84.5 Å². The molecule has 2 rings (SSSR count). The monoisotopic (exact) mass is 373 g/mol. The minimum atomic E-state index is 0.429. The van der Waals surface area contributed by atoms with Crippen LogP contribution < -0.4 is 21.6 Å². The average molecular weight is 374 g/mol. The highest BCUT2D eigenvalue weighted by Gasteiger charge is 2.09. The van der Waals surface area contributed by atoms with Crippen molar-refractivity contribution >= 4 is 35.1 Å². The Morgan fingerprint density at radius 2 is 1.84 bits per heavy atom. The van der Waals surface area contributed by atoms with E-state index in [-0.39, 0.29) is 0 Å². The molecule has 5 nitrogen and oxygen atoms in total. The van der Waals surface area contributed by atoms with Crippen LogP contribution in [0.4, 0.5) is 5.69 Å². The van der Waals surface area contributed by atoms with Crippen molar-refractivity contribution in [3.8, 4) is 0 Å². The third kappa shape index (κ3) is 5.20. The van der Waals surface area contributed by atoms with Crippen molar-refractivity contribution in [3.63, 3.8) is 0 Å². The Balaban J connectivity index is 2.13. The van der Waals surface area contributed by atoms with Gasteiger partial charge in [0.1, 0.15) is 6.67 Å². The van der Waals surface area contributed by atoms with E-state index in [9.17, 15) is 0 Å². The van der Waals surface area contributed by atoms with Crippen molar-refractivity contribution in [2.24, 2.45) is 16.7 Å². The molecule has 6 N–H and O–H groups in total. The highest BCUT2D eigenvalue weighted by Crippen LogP contribution is 2.28. The van der Waals surface area contributed by atoms with E-state index >= 15 is 0 Å². The van der Waals surface area contributed by atoms with Crippen molar-refractivity contribution in [3.05, 3.63) is 73.1 Å². The molecule has 0 aliphatic heterocycles. The number of hydrazine groups is 1. The lowest BCUT2D eigenvalue weighted by Gasteiger charge is -2.27. The first-order valence-electron chi connectivity index (χ1n) is 7.57. The van der Waals surface area contributed by atoms with E-state index in [2.05, 4.69) is 12.6 Å². The summed E-state index contributed by atoms with van der Waals surface area (Å²) in [4.78, 5) is 4.11. The molecule has 0 atom stereocenters. The molecule has 7 heteroatoms. The third-order valence-corrected chi connectivity index (χ3v) is 4.89. The van der Waals surface area contributed by atoms with Crippen molar-refractivity contribution in [2.75, 3.05) is 17.8 Å². The van der Waals surface area contributed by atoms with E-state index in [0.717, 1.165) is 21.0 Å². The maximum atomic E-state index is 6.15. The fourth-order valence-electron chi connectivity index (χ4n) is 2.30.